The number of amides is 2. The fourth-order valence-corrected chi connectivity index (χ4v) is 2.86. The summed E-state index contributed by atoms with van der Waals surface area (Å²) in [7, 11) is -5.07. The van der Waals surface area contributed by atoms with Crippen LogP contribution in [-0.2, 0) is 35.4 Å². The van der Waals surface area contributed by atoms with Gasteiger partial charge < -0.3 is 4.18 Å². The number of carbonyl (C=O) groups excluding carboxylic acids is 3. The van der Waals surface area contributed by atoms with Crippen LogP contribution < -0.4 is 0 Å². The van der Waals surface area contributed by atoms with E-state index in [1.54, 1.807) is 12.1 Å². The van der Waals surface area contributed by atoms with Gasteiger partial charge in [-0.3, -0.25) is 19.0 Å². The highest BCUT2D eigenvalue weighted by atomic mass is 32.3. The summed E-state index contributed by atoms with van der Waals surface area (Å²) in [4.78, 5) is 39.1. The van der Waals surface area contributed by atoms with Gasteiger partial charge in [0.2, 0.25) is 11.8 Å². The summed E-state index contributed by atoms with van der Waals surface area (Å²) in [5.41, 5.74) is 9.42. The molecule has 0 aliphatic carbocycles. The lowest BCUT2D eigenvalue weighted by Gasteiger charge is -2.23. The maximum Gasteiger partial charge on any atom is 0.449 e. The molecule has 0 radical (unpaired) electrons. The standard InChI is InChI=1S/C14H14N4O7S/c15-17-16-10-4-1-9(2-5-10)3-6-11(14(21)25-26(22,23)24)18-12(19)7-8-13(18)20/h1-2,4-5,11H,3,6-8H2,(H,22,23,24). The van der Waals surface area contributed by atoms with E-state index in [2.05, 4.69) is 14.2 Å². The first-order chi connectivity index (χ1) is 12.2. The minimum Gasteiger partial charge on any atom is -0.323 e. The Morgan fingerprint density at radius 1 is 1.27 bits per heavy atom. The van der Waals surface area contributed by atoms with E-state index >= 15 is 0 Å². The average Bonchev–Trinajstić information content (AvgIpc) is 2.87. The smallest absolute Gasteiger partial charge is 0.323 e. The number of likely N-dealkylation sites (tertiary alicyclic amines) is 1. The van der Waals surface area contributed by atoms with Crippen molar-refractivity contribution in [2.45, 2.75) is 31.7 Å². The van der Waals surface area contributed by atoms with Crippen LogP contribution in [0.4, 0.5) is 5.69 Å². The maximum atomic E-state index is 12.0. The molecule has 1 unspecified atom stereocenters. The van der Waals surface area contributed by atoms with Gasteiger partial charge in [0.1, 0.15) is 6.04 Å². The average molecular weight is 382 g/mol. The lowest BCUT2D eigenvalue weighted by molar-refractivity contribution is -0.152. The van der Waals surface area contributed by atoms with Crippen molar-refractivity contribution in [3.05, 3.63) is 40.3 Å². The predicted molar refractivity (Wildman–Crippen MR) is 86.1 cm³/mol. The van der Waals surface area contributed by atoms with E-state index in [1.165, 1.54) is 12.1 Å². The minimum atomic E-state index is -5.07. The molecule has 11 nitrogen and oxygen atoms in total. The van der Waals surface area contributed by atoms with Gasteiger partial charge in [0.05, 0.1) is 0 Å². The van der Waals surface area contributed by atoms with Gasteiger partial charge in [-0.25, -0.2) is 4.79 Å². The van der Waals surface area contributed by atoms with Gasteiger partial charge in [-0.1, -0.05) is 29.4 Å². The van der Waals surface area contributed by atoms with Gasteiger partial charge in [0.15, 0.2) is 0 Å². The topological polar surface area (TPSA) is 167 Å². The Morgan fingerprint density at radius 2 is 1.85 bits per heavy atom. The van der Waals surface area contributed by atoms with Crippen molar-refractivity contribution in [3.8, 4) is 0 Å². The molecule has 1 heterocycles. The van der Waals surface area contributed by atoms with Gasteiger partial charge in [0, 0.05) is 23.4 Å². The van der Waals surface area contributed by atoms with Gasteiger partial charge in [-0.2, -0.15) is 8.42 Å². The molecule has 1 aliphatic heterocycles. The summed E-state index contributed by atoms with van der Waals surface area (Å²) in [6.45, 7) is 0. The lowest BCUT2D eigenvalue weighted by atomic mass is 10.0. The number of hydrogen-bond donors (Lipinski definition) is 1. The van der Waals surface area contributed by atoms with Crippen molar-refractivity contribution >= 4 is 33.9 Å². The molecule has 0 saturated carbocycles. The molecule has 26 heavy (non-hydrogen) atoms. The molecule has 0 spiro atoms. The second-order valence-electron chi connectivity index (χ2n) is 5.40. The van der Waals surface area contributed by atoms with E-state index in [9.17, 15) is 22.8 Å². The number of rotatable bonds is 7. The summed E-state index contributed by atoms with van der Waals surface area (Å²) < 4.78 is 34.2. The molecule has 12 heteroatoms. The minimum absolute atomic E-state index is 0.0879. The molecule has 1 saturated heterocycles. The molecule has 1 N–H and O–H groups in total. The Morgan fingerprint density at radius 3 is 2.35 bits per heavy atom. The number of benzene rings is 1. The third kappa shape index (κ3) is 5.02. The number of hydrogen-bond acceptors (Lipinski definition) is 7. The molecular weight excluding hydrogens is 368 g/mol. The van der Waals surface area contributed by atoms with Crippen LogP contribution in [0.5, 0.6) is 0 Å². The van der Waals surface area contributed by atoms with Crippen LogP contribution in [0.2, 0.25) is 0 Å². The zero-order valence-corrected chi connectivity index (χ0v) is 14.1. The van der Waals surface area contributed by atoms with Crippen LogP contribution in [-0.4, -0.2) is 41.7 Å². The zero-order chi connectivity index (χ0) is 19.3. The van der Waals surface area contributed by atoms with E-state index in [1.807, 2.05) is 0 Å². The van der Waals surface area contributed by atoms with E-state index < -0.39 is 34.2 Å². The third-order valence-electron chi connectivity index (χ3n) is 3.66. The zero-order valence-electron chi connectivity index (χ0n) is 13.3. The molecule has 1 fully saturated rings. The number of aryl methyl sites for hydroxylation is 1. The number of azide groups is 1. The lowest BCUT2D eigenvalue weighted by Crippen LogP contribution is -2.46. The molecule has 0 bridgehead atoms. The van der Waals surface area contributed by atoms with Crippen LogP contribution in [0, 0.1) is 0 Å². The summed E-state index contributed by atoms with van der Waals surface area (Å²) in [6.07, 6.45) is -0.0871. The fourth-order valence-electron chi connectivity index (χ4n) is 2.54. The maximum absolute atomic E-state index is 12.0. The summed E-state index contributed by atoms with van der Waals surface area (Å²) in [5, 5.41) is 3.41. The van der Waals surface area contributed by atoms with Crippen LogP contribution in [0.15, 0.2) is 29.4 Å². The van der Waals surface area contributed by atoms with Crippen molar-refractivity contribution in [2.75, 3.05) is 0 Å². The highest BCUT2D eigenvalue weighted by molar-refractivity contribution is 7.81. The van der Waals surface area contributed by atoms with E-state index in [0.29, 0.717) is 16.2 Å². The molecule has 0 aromatic heterocycles. The first-order valence-electron chi connectivity index (χ1n) is 7.41. The summed E-state index contributed by atoms with van der Waals surface area (Å²) >= 11 is 0. The number of imide groups is 1. The van der Waals surface area contributed by atoms with Crippen molar-refractivity contribution < 1.29 is 31.5 Å². The van der Waals surface area contributed by atoms with E-state index in [-0.39, 0.29) is 25.7 Å². The Labute approximate surface area is 148 Å². The Hall–Kier alpha value is -2.95. The van der Waals surface area contributed by atoms with Crippen molar-refractivity contribution in [1.82, 2.24) is 4.90 Å². The largest absolute Gasteiger partial charge is 0.449 e. The molecule has 1 aliphatic rings. The van der Waals surface area contributed by atoms with Gasteiger partial charge in [-0.15, -0.1) is 0 Å². The predicted octanol–water partition coefficient (Wildman–Crippen LogP) is 1.42. The number of carbonyl (C=O) groups is 3. The molecule has 1 aromatic rings. The van der Waals surface area contributed by atoms with Gasteiger partial charge in [-0.05, 0) is 23.9 Å². The molecule has 2 amide bonds. The monoisotopic (exact) mass is 382 g/mol. The molecule has 1 aromatic carbocycles. The molecule has 1 atom stereocenters. The van der Waals surface area contributed by atoms with Crippen molar-refractivity contribution in [2.24, 2.45) is 5.11 Å². The normalized spacial score (nSPS) is 15.5. The molecular formula is C14H14N4O7S. The fraction of sp³-hybridized carbons (Fsp3) is 0.357. The highest BCUT2D eigenvalue weighted by Crippen LogP contribution is 2.21. The quantitative estimate of drug-likeness (QED) is 0.244. The van der Waals surface area contributed by atoms with Gasteiger partial charge >= 0.3 is 16.4 Å². The highest BCUT2D eigenvalue weighted by Gasteiger charge is 2.40. The van der Waals surface area contributed by atoms with Crippen LogP contribution in [0.3, 0.4) is 0 Å². The third-order valence-corrected chi connectivity index (χ3v) is 4.04. The molecule has 2 rings (SSSR count). The van der Waals surface area contributed by atoms with Gasteiger partial charge in [0.25, 0.3) is 0 Å². The first-order valence-corrected chi connectivity index (χ1v) is 8.77. The second-order valence-corrected chi connectivity index (χ2v) is 6.42. The second kappa shape index (κ2) is 7.95. The van der Waals surface area contributed by atoms with E-state index in [0.717, 1.165) is 0 Å². The Kier molecular flexibility index (Phi) is 5.93. The SMILES string of the molecule is [N-]=[N+]=Nc1ccc(CCC(C(=O)OS(=O)(=O)O)N2C(=O)CCC2=O)cc1. The van der Waals surface area contributed by atoms with E-state index in [4.69, 9.17) is 10.1 Å². The first kappa shape index (κ1) is 19.4. The van der Waals surface area contributed by atoms with Crippen molar-refractivity contribution in [1.29, 1.82) is 0 Å². The molecule has 138 valence electrons. The van der Waals surface area contributed by atoms with Crippen molar-refractivity contribution in [3.63, 3.8) is 0 Å². The Bertz CT molecular complexity index is 859. The van der Waals surface area contributed by atoms with Crippen LogP contribution >= 0.6 is 0 Å². The summed E-state index contributed by atoms with van der Waals surface area (Å²) in [6, 6.07) is 4.82. The summed E-state index contributed by atoms with van der Waals surface area (Å²) in [5.74, 6) is -2.65. The van der Waals surface area contributed by atoms with Crippen LogP contribution in [0.25, 0.3) is 10.4 Å². The number of nitrogens with zero attached hydrogens (tertiary/aromatic N) is 4. The van der Waals surface area contributed by atoms with Crippen LogP contribution in [0.1, 0.15) is 24.8 Å². The Balaban J connectivity index is 2.18.